The zero-order valence-electron chi connectivity index (χ0n) is 27.2. The summed E-state index contributed by atoms with van der Waals surface area (Å²) in [4.78, 5) is 55.4. The van der Waals surface area contributed by atoms with Crippen LogP contribution in [0.3, 0.4) is 0 Å². The lowest BCUT2D eigenvalue weighted by Crippen LogP contribution is -2.60. The highest BCUT2D eigenvalue weighted by Crippen LogP contribution is 2.58. The van der Waals surface area contributed by atoms with E-state index in [1.54, 1.807) is 0 Å². The third kappa shape index (κ3) is 4.57. The number of carbonyl (C=O) groups is 2. The predicted octanol–water partition coefficient (Wildman–Crippen LogP) is 0.0152. The summed E-state index contributed by atoms with van der Waals surface area (Å²) in [5.41, 5.74) is -11.8. The number of hydrogen-bond acceptors (Lipinski definition) is 22. The summed E-state index contributed by atoms with van der Waals surface area (Å²) in [5, 5.41) is 137. The van der Waals surface area contributed by atoms with Gasteiger partial charge < -0.3 is 89.4 Å². The second-order valence-electron chi connectivity index (χ2n) is 12.6. The summed E-state index contributed by atoms with van der Waals surface area (Å²) in [6.45, 7) is -1.15. The topological polar surface area (TPSA) is 385 Å². The molecule has 6 bridgehead atoms. The average molecular weight is 783 g/mol. The van der Waals surface area contributed by atoms with Crippen molar-refractivity contribution >= 4 is 44.6 Å². The fourth-order valence-corrected chi connectivity index (χ4v) is 7.00. The van der Waals surface area contributed by atoms with Crippen LogP contribution in [0, 0.1) is 0 Å². The first-order chi connectivity index (χ1) is 26.4. The van der Waals surface area contributed by atoms with Crippen molar-refractivity contribution in [1.82, 2.24) is 0 Å². The Balaban J connectivity index is 1.62. The number of carbonyl (C=O) groups excluding carboxylic acids is 2. The number of phenolic OH excluding ortho intramolecular Hbond substituents is 10. The van der Waals surface area contributed by atoms with Gasteiger partial charge in [0.05, 0.1) is 21.9 Å². The van der Waals surface area contributed by atoms with Gasteiger partial charge in [0.2, 0.25) is 23.0 Å². The number of aromatic hydroxyl groups is 10. The minimum atomic E-state index is -2.28. The van der Waals surface area contributed by atoms with Crippen LogP contribution in [-0.2, 0) is 14.2 Å². The smallest absolute Gasteiger partial charge is 0.345 e. The maximum Gasteiger partial charge on any atom is 0.345 e. The molecule has 2 aromatic heterocycles. The van der Waals surface area contributed by atoms with Crippen molar-refractivity contribution in [3.63, 3.8) is 0 Å². The SMILES string of the molecule is O=C1OCC2O[C@@H](O)C(O)[C@@H](O)[C@@H]2OC(=O)c2cc(O)c(O)c(O)c2-c2c(O)c(O)c3oc(=O)c4c(c(O)c(O)c5oc(=O)c2c3c54)-c2c1cc(O)c(O)c2O. The second kappa shape index (κ2) is 11.8. The summed E-state index contributed by atoms with van der Waals surface area (Å²) in [6, 6.07) is 0.887. The van der Waals surface area contributed by atoms with Crippen LogP contribution in [0.15, 0.2) is 30.6 Å². The van der Waals surface area contributed by atoms with Crippen LogP contribution >= 0.6 is 0 Å². The number of phenols is 10. The van der Waals surface area contributed by atoms with Crippen LogP contribution in [0.25, 0.3) is 55.0 Å². The molecular formula is C34H22O22. The van der Waals surface area contributed by atoms with Crippen molar-refractivity contribution in [3.05, 3.63) is 44.1 Å². The molecule has 6 aromatic rings. The van der Waals surface area contributed by atoms with E-state index in [1.807, 2.05) is 0 Å². The van der Waals surface area contributed by atoms with Crippen LogP contribution in [0.5, 0.6) is 57.5 Å². The minimum absolute atomic E-state index is 0.424. The quantitative estimate of drug-likeness (QED) is 0.0418. The maximum absolute atomic E-state index is 14.0. The number of rotatable bonds is 0. The van der Waals surface area contributed by atoms with Crippen molar-refractivity contribution in [3.8, 4) is 79.7 Å². The molecule has 1 fully saturated rings. The van der Waals surface area contributed by atoms with Crippen molar-refractivity contribution in [2.45, 2.75) is 30.7 Å². The molecule has 8 rings (SSSR count). The fraction of sp³-hybridized carbons (Fsp3) is 0.176. The summed E-state index contributed by atoms with van der Waals surface area (Å²) in [7, 11) is 0. The van der Waals surface area contributed by atoms with E-state index < -0.39 is 184 Å². The van der Waals surface area contributed by atoms with Gasteiger partial charge in [-0.25, -0.2) is 19.2 Å². The highest BCUT2D eigenvalue weighted by atomic mass is 16.7. The minimum Gasteiger partial charge on any atom is -0.504 e. The van der Waals surface area contributed by atoms with E-state index in [0.29, 0.717) is 12.1 Å². The Morgan fingerprint density at radius 1 is 0.500 bits per heavy atom. The van der Waals surface area contributed by atoms with Crippen molar-refractivity contribution in [2.75, 3.05) is 6.61 Å². The second-order valence-corrected chi connectivity index (χ2v) is 12.6. The molecule has 0 aliphatic carbocycles. The van der Waals surface area contributed by atoms with E-state index in [0.717, 1.165) is 0 Å². The van der Waals surface area contributed by atoms with Gasteiger partial charge in [0.25, 0.3) is 0 Å². The van der Waals surface area contributed by atoms with Gasteiger partial charge in [0.1, 0.15) is 24.9 Å². The molecule has 22 nitrogen and oxygen atoms in total. The number of cyclic esters (lactones) is 1. The molecule has 290 valence electrons. The molecule has 2 aliphatic rings. The Hall–Kier alpha value is -7.40. The Morgan fingerprint density at radius 3 is 1.39 bits per heavy atom. The average Bonchev–Trinajstić information content (AvgIpc) is 3.15. The Labute approximate surface area is 304 Å². The molecule has 4 aromatic carbocycles. The van der Waals surface area contributed by atoms with Crippen LogP contribution < -0.4 is 11.3 Å². The third-order valence-corrected chi connectivity index (χ3v) is 9.58. The van der Waals surface area contributed by atoms with Crippen molar-refractivity contribution < 1.29 is 99.0 Å². The van der Waals surface area contributed by atoms with Crippen LogP contribution in [-0.4, -0.2) is 116 Å². The molecule has 0 radical (unpaired) electrons. The number of ether oxygens (including phenoxy) is 3. The molecule has 4 heterocycles. The zero-order chi connectivity index (χ0) is 40.6. The lowest BCUT2D eigenvalue weighted by atomic mass is 9.88. The first kappa shape index (κ1) is 35.6. The number of aliphatic hydroxyl groups excluding tert-OH is 3. The molecule has 5 atom stereocenters. The molecule has 13 N–H and O–H groups in total. The van der Waals surface area contributed by atoms with Gasteiger partial charge in [0.15, 0.2) is 58.1 Å². The monoisotopic (exact) mass is 782 g/mol. The first-order valence-electron chi connectivity index (χ1n) is 15.7. The molecule has 56 heavy (non-hydrogen) atoms. The van der Waals surface area contributed by atoms with Crippen LogP contribution in [0.4, 0.5) is 0 Å². The molecule has 2 aliphatic heterocycles. The Morgan fingerprint density at radius 2 is 0.929 bits per heavy atom. The van der Waals surface area contributed by atoms with E-state index >= 15 is 0 Å². The normalized spacial score (nSPS) is 21.3. The van der Waals surface area contributed by atoms with Crippen LogP contribution in [0.1, 0.15) is 20.7 Å². The summed E-state index contributed by atoms with van der Waals surface area (Å²) >= 11 is 0. The third-order valence-electron chi connectivity index (χ3n) is 9.58. The zero-order valence-corrected chi connectivity index (χ0v) is 27.2. The highest BCUT2D eigenvalue weighted by molar-refractivity contribution is 6.29. The van der Waals surface area contributed by atoms with Gasteiger partial charge in [-0.05, 0) is 12.1 Å². The van der Waals surface area contributed by atoms with E-state index in [9.17, 15) is 85.6 Å². The molecule has 0 spiro atoms. The van der Waals surface area contributed by atoms with E-state index in [1.165, 1.54) is 0 Å². The van der Waals surface area contributed by atoms with Gasteiger partial charge in [0, 0.05) is 33.0 Å². The largest absolute Gasteiger partial charge is 0.504 e. The van der Waals surface area contributed by atoms with Gasteiger partial charge in [-0.3, -0.25) is 0 Å². The van der Waals surface area contributed by atoms with Gasteiger partial charge in [-0.2, -0.15) is 0 Å². The molecular weight excluding hydrogens is 760 g/mol. The lowest BCUT2D eigenvalue weighted by molar-refractivity contribution is -0.285. The number of fused-ring (bicyclic) bond motifs is 5. The first-order valence-corrected chi connectivity index (χ1v) is 15.7. The summed E-state index contributed by atoms with van der Waals surface area (Å²) in [6.07, 6.45) is -10.9. The highest BCUT2D eigenvalue weighted by Gasteiger charge is 2.48. The predicted molar refractivity (Wildman–Crippen MR) is 177 cm³/mol. The lowest BCUT2D eigenvalue weighted by Gasteiger charge is -2.40. The Bertz CT molecular complexity index is 2870. The molecule has 0 saturated carbocycles. The summed E-state index contributed by atoms with van der Waals surface area (Å²) in [5.74, 6) is -17.2. The number of hydrogen-bond donors (Lipinski definition) is 13. The van der Waals surface area contributed by atoms with Crippen molar-refractivity contribution in [2.24, 2.45) is 0 Å². The van der Waals surface area contributed by atoms with E-state index in [4.69, 9.17) is 23.0 Å². The van der Waals surface area contributed by atoms with Crippen molar-refractivity contribution in [1.29, 1.82) is 0 Å². The number of aliphatic hydroxyl groups is 3. The summed E-state index contributed by atoms with van der Waals surface area (Å²) < 4.78 is 26.3. The Kier molecular flexibility index (Phi) is 7.50. The van der Waals surface area contributed by atoms with E-state index in [-0.39, 0.29) is 0 Å². The van der Waals surface area contributed by atoms with Crippen LogP contribution in [0.2, 0.25) is 0 Å². The molecule has 1 saturated heterocycles. The van der Waals surface area contributed by atoms with Gasteiger partial charge >= 0.3 is 23.2 Å². The molecule has 0 amide bonds. The standard InChI is InChI=1S/C34H22O22/c35-6-1-4-9(19(39)17(6)37)11-15-13-14-16(33(50)56-28(13)23(43)21(11)41)12(22(42)24(44)29(14)55-32(15)49)10-5(2-7(36)18(38)20(10)40)31(48)54-27-8(3-52-30(4)47)53-34(51)26(46)25(27)45/h1-2,8,25-27,34-46,51H,3H2/t8?,25-,26?,27-,34-/m1/s1. The number of benzene rings is 4. The molecule has 2 unspecified atom stereocenters. The number of esters is 2. The van der Waals surface area contributed by atoms with Gasteiger partial charge in [-0.15, -0.1) is 0 Å². The van der Waals surface area contributed by atoms with Gasteiger partial charge in [-0.1, -0.05) is 0 Å². The fourth-order valence-electron chi connectivity index (χ4n) is 7.00. The van der Waals surface area contributed by atoms with E-state index in [2.05, 4.69) is 0 Å². The molecule has 22 heteroatoms. The maximum atomic E-state index is 14.0.